The summed E-state index contributed by atoms with van der Waals surface area (Å²) in [4.78, 5) is 15.4. The van der Waals surface area contributed by atoms with Crippen molar-refractivity contribution in [2.45, 2.75) is 46.1 Å². The van der Waals surface area contributed by atoms with E-state index in [0.717, 1.165) is 55.8 Å². The number of nitrogens with one attached hydrogen (secondary N) is 1. The second-order valence-electron chi connectivity index (χ2n) is 10.9. The van der Waals surface area contributed by atoms with Gasteiger partial charge < -0.3 is 14.8 Å². The van der Waals surface area contributed by atoms with E-state index in [4.69, 9.17) is 9.47 Å². The molecule has 1 fully saturated rings. The van der Waals surface area contributed by atoms with Crippen LogP contribution in [0.4, 0.5) is 0 Å². The minimum atomic E-state index is -3.36. The molecule has 0 saturated carbocycles. The van der Waals surface area contributed by atoms with Crippen LogP contribution in [0.5, 0.6) is 5.75 Å². The molecule has 1 amide bonds. The summed E-state index contributed by atoms with van der Waals surface area (Å²) in [5.74, 6) is 0.920. The molecule has 2 aliphatic rings. The van der Waals surface area contributed by atoms with Crippen LogP contribution in [0.1, 0.15) is 60.2 Å². The second-order valence-corrected chi connectivity index (χ2v) is 13.0. The van der Waals surface area contributed by atoms with Gasteiger partial charge in [-0.2, -0.15) is 0 Å². The fourth-order valence-corrected chi connectivity index (χ4v) is 6.67. The molecule has 0 aromatic heterocycles. The van der Waals surface area contributed by atoms with Gasteiger partial charge in [0.15, 0.2) is 0 Å². The fourth-order valence-electron chi connectivity index (χ4n) is 5.24. The molecule has 4 rings (SSSR count). The Morgan fingerprint density at radius 1 is 0.974 bits per heavy atom. The zero-order valence-electron chi connectivity index (χ0n) is 23.4. The Hall–Kier alpha value is -2.46. The first-order valence-electron chi connectivity index (χ1n) is 14.2. The molecule has 2 aromatic carbocycles. The van der Waals surface area contributed by atoms with Crippen LogP contribution in [0.15, 0.2) is 42.5 Å². The molecular weight excluding hydrogens is 514 g/mol. The highest BCUT2D eigenvalue weighted by molar-refractivity contribution is 7.89. The van der Waals surface area contributed by atoms with Crippen molar-refractivity contribution < 1.29 is 22.7 Å². The maximum Gasteiger partial charge on any atom is 0.251 e. The summed E-state index contributed by atoms with van der Waals surface area (Å²) >= 11 is 0. The van der Waals surface area contributed by atoms with Crippen molar-refractivity contribution in [2.24, 2.45) is 5.92 Å². The maximum absolute atomic E-state index is 13.0. The lowest BCUT2D eigenvalue weighted by atomic mass is 9.99. The normalized spacial score (nSPS) is 18.1. The Kier molecular flexibility index (Phi) is 10.8. The van der Waals surface area contributed by atoms with Gasteiger partial charge in [-0.1, -0.05) is 44.5 Å². The summed E-state index contributed by atoms with van der Waals surface area (Å²) in [6, 6.07) is 14.0. The number of rotatable bonds is 7. The third kappa shape index (κ3) is 9.03. The Balaban J connectivity index is 1.46. The third-order valence-electron chi connectivity index (χ3n) is 7.13. The molecule has 0 atom stereocenters. The first kappa shape index (κ1) is 29.5. The van der Waals surface area contributed by atoms with Gasteiger partial charge in [-0.25, -0.2) is 12.7 Å². The quantitative estimate of drug-likeness (QED) is 0.559. The van der Waals surface area contributed by atoms with Gasteiger partial charge in [-0.3, -0.25) is 9.69 Å². The summed E-state index contributed by atoms with van der Waals surface area (Å²) in [6.45, 7) is 10.00. The highest BCUT2D eigenvalue weighted by atomic mass is 32.2. The van der Waals surface area contributed by atoms with Crippen LogP contribution in [0.3, 0.4) is 0 Å². The van der Waals surface area contributed by atoms with E-state index in [9.17, 15) is 13.2 Å². The number of carbonyl (C=O) groups is 1. The smallest absolute Gasteiger partial charge is 0.251 e. The molecule has 2 heterocycles. The van der Waals surface area contributed by atoms with E-state index in [1.165, 1.54) is 5.56 Å². The Bertz CT molecular complexity index is 1190. The summed E-state index contributed by atoms with van der Waals surface area (Å²) in [7, 11) is -3.36. The molecule has 0 unspecified atom stereocenters. The van der Waals surface area contributed by atoms with Crippen LogP contribution in [-0.4, -0.2) is 81.8 Å². The molecule has 2 bridgehead atoms. The largest absolute Gasteiger partial charge is 0.491 e. The lowest BCUT2D eigenvalue weighted by Gasteiger charge is -2.25. The molecule has 2 aromatic rings. The molecule has 0 aliphatic carbocycles. The van der Waals surface area contributed by atoms with Crippen LogP contribution < -0.4 is 10.1 Å². The number of hydrogen-bond acceptors (Lipinski definition) is 6. The molecule has 1 saturated heterocycles. The predicted octanol–water partition coefficient (Wildman–Crippen LogP) is 3.69. The van der Waals surface area contributed by atoms with Crippen LogP contribution >= 0.6 is 0 Å². The van der Waals surface area contributed by atoms with Gasteiger partial charge in [0.1, 0.15) is 12.4 Å². The average molecular weight is 558 g/mol. The van der Waals surface area contributed by atoms with Crippen molar-refractivity contribution >= 4 is 15.9 Å². The van der Waals surface area contributed by atoms with Crippen LogP contribution in [-0.2, 0) is 27.7 Å². The number of benzene rings is 2. The van der Waals surface area contributed by atoms with Crippen LogP contribution in [0.25, 0.3) is 0 Å². The Labute approximate surface area is 233 Å². The van der Waals surface area contributed by atoms with E-state index in [0.29, 0.717) is 50.8 Å². The van der Waals surface area contributed by atoms with Crippen LogP contribution in [0, 0.1) is 5.92 Å². The van der Waals surface area contributed by atoms with Gasteiger partial charge >= 0.3 is 0 Å². The first-order chi connectivity index (χ1) is 18.8. The molecule has 214 valence electrons. The number of ether oxygens (including phenoxy) is 2. The zero-order chi connectivity index (χ0) is 27.7. The van der Waals surface area contributed by atoms with E-state index < -0.39 is 10.0 Å². The number of hydrogen-bond donors (Lipinski definition) is 1. The highest BCUT2D eigenvalue weighted by Gasteiger charge is 2.24. The van der Waals surface area contributed by atoms with Gasteiger partial charge in [0, 0.05) is 51.3 Å². The standard InChI is InChI=1S/C30H43N3O5S/c1-24(2)22-32-14-15-37-16-17-38-29-10-9-27(21-28(29)20-25-7-6-8-26(19-25)23-32)30(34)31-11-18-39(35,36)33-12-4-3-5-13-33/h6-10,19,21,24H,3-5,11-18,20,22-23H2,1-2H3,(H,31,34). The predicted molar refractivity (Wildman–Crippen MR) is 154 cm³/mol. The Morgan fingerprint density at radius 3 is 2.56 bits per heavy atom. The fraction of sp³-hybridized carbons (Fsp3) is 0.567. The van der Waals surface area contributed by atoms with E-state index in [1.807, 2.05) is 12.1 Å². The number of fused-ring (bicyclic) bond motifs is 3. The monoisotopic (exact) mass is 557 g/mol. The van der Waals surface area contributed by atoms with Gasteiger partial charge in [0.25, 0.3) is 5.91 Å². The number of carbonyl (C=O) groups excluding carboxylic acids is 1. The molecule has 9 heteroatoms. The Morgan fingerprint density at radius 2 is 1.77 bits per heavy atom. The first-order valence-corrected chi connectivity index (χ1v) is 15.8. The minimum Gasteiger partial charge on any atom is -0.491 e. The molecule has 39 heavy (non-hydrogen) atoms. The second kappa shape index (κ2) is 14.3. The van der Waals surface area contributed by atoms with Gasteiger partial charge in [0.05, 0.1) is 19.0 Å². The van der Waals surface area contributed by atoms with Gasteiger partial charge in [-0.15, -0.1) is 0 Å². The summed E-state index contributed by atoms with van der Waals surface area (Å²) in [5.41, 5.74) is 3.80. The van der Waals surface area contributed by atoms with Crippen molar-refractivity contribution in [3.63, 3.8) is 0 Å². The minimum absolute atomic E-state index is 0.0809. The van der Waals surface area contributed by atoms with Crippen molar-refractivity contribution in [3.8, 4) is 5.75 Å². The van der Waals surface area contributed by atoms with E-state index in [2.05, 4.69) is 48.3 Å². The van der Waals surface area contributed by atoms with Crippen molar-refractivity contribution in [1.29, 1.82) is 0 Å². The molecular formula is C30H43N3O5S. The van der Waals surface area contributed by atoms with Gasteiger partial charge in [-0.05, 0) is 53.6 Å². The number of piperidine rings is 1. The summed E-state index contributed by atoms with van der Waals surface area (Å²) < 4.78 is 38.7. The molecule has 8 nitrogen and oxygen atoms in total. The molecule has 0 spiro atoms. The lowest BCUT2D eigenvalue weighted by molar-refractivity contribution is 0.0746. The summed E-state index contributed by atoms with van der Waals surface area (Å²) in [5, 5.41) is 2.80. The van der Waals surface area contributed by atoms with Gasteiger partial charge in [0.2, 0.25) is 10.0 Å². The third-order valence-corrected chi connectivity index (χ3v) is 9.00. The van der Waals surface area contributed by atoms with Crippen molar-refractivity contribution in [3.05, 3.63) is 64.7 Å². The number of amides is 1. The zero-order valence-corrected chi connectivity index (χ0v) is 24.2. The average Bonchev–Trinajstić information content (AvgIpc) is 2.91. The molecule has 0 radical (unpaired) electrons. The summed E-state index contributed by atoms with van der Waals surface area (Å²) in [6.07, 6.45) is 3.49. The number of sulfonamides is 1. The SMILES string of the molecule is CC(C)CN1CCOCCOc2ccc(C(=O)NCCS(=O)(=O)N3CCCCC3)cc2Cc2cccc(c2)C1. The highest BCUT2D eigenvalue weighted by Crippen LogP contribution is 2.25. The van der Waals surface area contributed by atoms with Crippen molar-refractivity contribution in [2.75, 3.05) is 58.3 Å². The lowest BCUT2D eigenvalue weighted by Crippen LogP contribution is -2.40. The topological polar surface area (TPSA) is 88.2 Å². The molecule has 1 N–H and O–H groups in total. The number of nitrogens with zero attached hydrogens (tertiary/aromatic N) is 2. The van der Waals surface area contributed by atoms with E-state index in [-0.39, 0.29) is 18.2 Å². The van der Waals surface area contributed by atoms with Crippen molar-refractivity contribution in [1.82, 2.24) is 14.5 Å². The maximum atomic E-state index is 13.0. The van der Waals surface area contributed by atoms with Crippen LogP contribution in [0.2, 0.25) is 0 Å². The van der Waals surface area contributed by atoms with E-state index in [1.54, 1.807) is 10.4 Å². The van der Waals surface area contributed by atoms with E-state index >= 15 is 0 Å². The molecule has 2 aliphatic heterocycles.